The summed E-state index contributed by atoms with van der Waals surface area (Å²) in [6, 6.07) is 10.8. The Morgan fingerprint density at radius 2 is 1.59 bits per heavy atom. The standard InChI is InChI=1S/C20H23ClN2O4/c1-12(2)18(23-19(24)13-5-7-14(21)8-6-13)20(25)22-15-9-10-16(26-3)17(11-15)27-4/h5-12,18H,1-4H3,(H,22,25)(H,23,24)/t18-/m0/s1. The van der Waals surface area contributed by atoms with Gasteiger partial charge in [0.2, 0.25) is 5.91 Å². The first-order chi connectivity index (χ1) is 12.8. The minimum absolute atomic E-state index is 0.110. The van der Waals surface area contributed by atoms with Crippen molar-refractivity contribution in [2.75, 3.05) is 19.5 Å². The molecule has 2 rings (SSSR count). The minimum Gasteiger partial charge on any atom is -0.493 e. The lowest BCUT2D eigenvalue weighted by Crippen LogP contribution is -2.47. The van der Waals surface area contributed by atoms with Crippen molar-refractivity contribution < 1.29 is 19.1 Å². The molecule has 2 aromatic rings. The number of methoxy groups -OCH3 is 2. The van der Waals surface area contributed by atoms with E-state index >= 15 is 0 Å². The van der Waals surface area contributed by atoms with Gasteiger partial charge in [0.1, 0.15) is 6.04 Å². The van der Waals surface area contributed by atoms with Crippen molar-refractivity contribution in [3.63, 3.8) is 0 Å². The van der Waals surface area contributed by atoms with Crippen LogP contribution < -0.4 is 20.1 Å². The average Bonchev–Trinajstić information content (AvgIpc) is 2.65. The van der Waals surface area contributed by atoms with Gasteiger partial charge in [-0.1, -0.05) is 25.4 Å². The second-order valence-electron chi connectivity index (χ2n) is 6.26. The normalized spacial score (nSPS) is 11.6. The van der Waals surface area contributed by atoms with Gasteiger partial charge in [-0.25, -0.2) is 0 Å². The molecule has 0 fully saturated rings. The first-order valence-corrected chi connectivity index (χ1v) is 8.82. The van der Waals surface area contributed by atoms with E-state index in [4.69, 9.17) is 21.1 Å². The van der Waals surface area contributed by atoms with E-state index in [-0.39, 0.29) is 17.7 Å². The van der Waals surface area contributed by atoms with E-state index in [2.05, 4.69) is 10.6 Å². The predicted octanol–water partition coefficient (Wildman–Crippen LogP) is 3.75. The molecule has 1 atom stereocenters. The smallest absolute Gasteiger partial charge is 0.251 e. The van der Waals surface area contributed by atoms with Crippen LogP contribution in [-0.2, 0) is 4.79 Å². The number of carbonyl (C=O) groups is 2. The fourth-order valence-corrected chi connectivity index (χ4v) is 2.62. The van der Waals surface area contributed by atoms with E-state index in [1.807, 2.05) is 13.8 Å². The molecule has 0 bridgehead atoms. The van der Waals surface area contributed by atoms with Crippen LogP contribution in [0.3, 0.4) is 0 Å². The molecule has 0 aliphatic carbocycles. The fourth-order valence-electron chi connectivity index (χ4n) is 2.49. The Hall–Kier alpha value is -2.73. The highest BCUT2D eigenvalue weighted by Gasteiger charge is 2.25. The van der Waals surface area contributed by atoms with E-state index in [1.165, 1.54) is 14.2 Å². The van der Waals surface area contributed by atoms with Crippen LogP contribution in [0.25, 0.3) is 0 Å². The summed E-state index contributed by atoms with van der Waals surface area (Å²) in [5, 5.41) is 6.12. The van der Waals surface area contributed by atoms with Gasteiger partial charge in [0, 0.05) is 22.3 Å². The maximum absolute atomic E-state index is 12.7. The molecule has 0 spiro atoms. The Morgan fingerprint density at radius 1 is 0.963 bits per heavy atom. The quantitative estimate of drug-likeness (QED) is 0.754. The number of anilines is 1. The molecule has 2 amide bonds. The van der Waals surface area contributed by atoms with Gasteiger partial charge in [-0.3, -0.25) is 9.59 Å². The second-order valence-corrected chi connectivity index (χ2v) is 6.70. The number of halogens is 1. The molecular weight excluding hydrogens is 368 g/mol. The van der Waals surface area contributed by atoms with Crippen LogP contribution in [0.4, 0.5) is 5.69 Å². The highest BCUT2D eigenvalue weighted by Crippen LogP contribution is 2.29. The van der Waals surface area contributed by atoms with Crippen molar-refractivity contribution in [3.8, 4) is 11.5 Å². The van der Waals surface area contributed by atoms with Crippen molar-refractivity contribution in [1.29, 1.82) is 0 Å². The Kier molecular flexibility index (Phi) is 7.07. The predicted molar refractivity (Wildman–Crippen MR) is 106 cm³/mol. The van der Waals surface area contributed by atoms with Crippen LogP contribution in [0.2, 0.25) is 5.02 Å². The molecule has 0 aliphatic rings. The van der Waals surface area contributed by atoms with Crippen molar-refractivity contribution >= 4 is 29.1 Å². The van der Waals surface area contributed by atoms with E-state index in [1.54, 1.807) is 42.5 Å². The van der Waals surface area contributed by atoms with Crippen LogP contribution in [0, 0.1) is 5.92 Å². The van der Waals surface area contributed by atoms with Gasteiger partial charge in [-0.15, -0.1) is 0 Å². The van der Waals surface area contributed by atoms with E-state index < -0.39 is 6.04 Å². The summed E-state index contributed by atoms with van der Waals surface area (Å²) in [7, 11) is 3.06. The van der Waals surface area contributed by atoms with Gasteiger partial charge in [0.05, 0.1) is 14.2 Å². The Morgan fingerprint density at radius 3 is 2.15 bits per heavy atom. The lowest BCUT2D eigenvalue weighted by Gasteiger charge is -2.22. The molecule has 2 N–H and O–H groups in total. The molecule has 0 aromatic heterocycles. The molecule has 0 radical (unpaired) electrons. The maximum Gasteiger partial charge on any atom is 0.251 e. The van der Waals surface area contributed by atoms with Crippen molar-refractivity contribution in [2.24, 2.45) is 5.92 Å². The summed E-state index contributed by atoms with van der Waals surface area (Å²) in [6.45, 7) is 3.72. The maximum atomic E-state index is 12.7. The molecular formula is C20H23ClN2O4. The Bertz CT molecular complexity index is 806. The van der Waals surface area contributed by atoms with Crippen LogP contribution >= 0.6 is 11.6 Å². The van der Waals surface area contributed by atoms with Gasteiger partial charge in [-0.05, 0) is 42.3 Å². The SMILES string of the molecule is COc1ccc(NC(=O)[C@@H](NC(=O)c2ccc(Cl)cc2)C(C)C)cc1OC. The van der Waals surface area contributed by atoms with Crippen molar-refractivity contribution in [1.82, 2.24) is 5.32 Å². The molecule has 6 nitrogen and oxygen atoms in total. The number of carbonyl (C=O) groups excluding carboxylic acids is 2. The number of ether oxygens (including phenoxy) is 2. The lowest BCUT2D eigenvalue weighted by molar-refractivity contribution is -0.118. The molecule has 2 aromatic carbocycles. The first-order valence-electron chi connectivity index (χ1n) is 8.45. The number of hydrogen-bond acceptors (Lipinski definition) is 4. The zero-order chi connectivity index (χ0) is 20.0. The number of rotatable bonds is 7. The molecule has 7 heteroatoms. The minimum atomic E-state index is -0.707. The third-order valence-electron chi connectivity index (χ3n) is 3.99. The van der Waals surface area contributed by atoms with E-state index in [0.29, 0.717) is 27.8 Å². The largest absolute Gasteiger partial charge is 0.493 e. The molecule has 0 saturated carbocycles. The van der Waals surface area contributed by atoms with Gasteiger partial charge < -0.3 is 20.1 Å². The molecule has 0 saturated heterocycles. The lowest BCUT2D eigenvalue weighted by atomic mass is 10.0. The Balaban J connectivity index is 2.13. The number of benzene rings is 2. The molecule has 0 heterocycles. The molecule has 27 heavy (non-hydrogen) atoms. The van der Waals surface area contributed by atoms with Crippen LogP contribution in [0.15, 0.2) is 42.5 Å². The summed E-state index contributed by atoms with van der Waals surface area (Å²) in [6.07, 6.45) is 0. The first kappa shape index (κ1) is 20.6. The summed E-state index contributed by atoms with van der Waals surface area (Å²) in [4.78, 5) is 25.2. The molecule has 144 valence electrons. The zero-order valence-electron chi connectivity index (χ0n) is 15.7. The van der Waals surface area contributed by atoms with Gasteiger partial charge in [0.15, 0.2) is 11.5 Å². The molecule has 0 unspecified atom stereocenters. The van der Waals surface area contributed by atoms with Gasteiger partial charge >= 0.3 is 0 Å². The molecule has 0 aliphatic heterocycles. The highest BCUT2D eigenvalue weighted by atomic mass is 35.5. The Labute approximate surface area is 163 Å². The summed E-state index contributed by atoms with van der Waals surface area (Å²) >= 11 is 5.84. The van der Waals surface area contributed by atoms with Crippen LogP contribution in [0.5, 0.6) is 11.5 Å². The van der Waals surface area contributed by atoms with Crippen molar-refractivity contribution in [3.05, 3.63) is 53.1 Å². The summed E-state index contributed by atoms with van der Waals surface area (Å²) in [5.41, 5.74) is 0.980. The monoisotopic (exact) mass is 390 g/mol. The highest BCUT2D eigenvalue weighted by molar-refractivity contribution is 6.30. The van der Waals surface area contributed by atoms with Crippen LogP contribution in [0.1, 0.15) is 24.2 Å². The summed E-state index contributed by atoms with van der Waals surface area (Å²) < 4.78 is 10.4. The number of amides is 2. The topological polar surface area (TPSA) is 76.7 Å². The van der Waals surface area contributed by atoms with Gasteiger partial charge in [0.25, 0.3) is 5.91 Å². The van der Waals surface area contributed by atoms with Crippen LogP contribution in [-0.4, -0.2) is 32.1 Å². The number of hydrogen-bond donors (Lipinski definition) is 2. The third-order valence-corrected chi connectivity index (χ3v) is 4.25. The van der Waals surface area contributed by atoms with Gasteiger partial charge in [-0.2, -0.15) is 0 Å². The number of nitrogens with one attached hydrogen (secondary N) is 2. The van der Waals surface area contributed by atoms with E-state index in [9.17, 15) is 9.59 Å². The summed E-state index contributed by atoms with van der Waals surface area (Å²) in [5.74, 6) is 0.294. The van der Waals surface area contributed by atoms with Crippen molar-refractivity contribution in [2.45, 2.75) is 19.9 Å². The fraction of sp³-hybridized carbons (Fsp3) is 0.300. The third kappa shape index (κ3) is 5.37. The second kappa shape index (κ2) is 9.28. The average molecular weight is 391 g/mol. The zero-order valence-corrected chi connectivity index (χ0v) is 16.5. The van der Waals surface area contributed by atoms with E-state index in [0.717, 1.165) is 0 Å².